The molecule has 3 aromatic rings. The molecular weight excluding hydrogens is 314 g/mol. The third kappa shape index (κ3) is 3.01. The van der Waals surface area contributed by atoms with Gasteiger partial charge in [-0.1, -0.05) is 59.8 Å². The van der Waals surface area contributed by atoms with Crippen LogP contribution in [0, 0.1) is 11.3 Å². The molecule has 1 aromatic heterocycles. The van der Waals surface area contributed by atoms with Gasteiger partial charge in [0.15, 0.2) is 5.16 Å². The van der Waals surface area contributed by atoms with Crippen molar-refractivity contribution >= 4 is 23.4 Å². The average Bonchev–Trinajstić information content (AvgIpc) is 2.97. The van der Waals surface area contributed by atoms with E-state index in [-0.39, 0.29) is 0 Å². The zero-order valence-electron chi connectivity index (χ0n) is 11.6. The first-order valence-electron chi connectivity index (χ1n) is 6.68. The number of thioether (sulfide) groups is 1. The predicted molar refractivity (Wildman–Crippen MR) is 90.3 cm³/mol. The van der Waals surface area contributed by atoms with Gasteiger partial charge in [0.05, 0.1) is 23.7 Å². The lowest BCUT2D eigenvalue weighted by atomic mass is 10.1. The van der Waals surface area contributed by atoms with Crippen molar-refractivity contribution in [2.45, 2.75) is 5.16 Å². The molecular formula is C17H12ClN3S. The van der Waals surface area contributed by atoms with Gasteiger partial charge in [0, 0.05) is 16.3 Å². The van der Waals surface area contributed by atoms with E-state index in [4.69, 9.17) is 16.9 Å². The van der Waals surface area contributed by atoms with Crippen molar-refractivity contribution in [3.8, 4) is 23.0 Å². The molecule has 0 amide bonds. The van der Waals surface area contributed by atoms with Crippen molar-refractivity contribution in [3.63, 3.8) is 0 Å². The molecule has 3 nitrogen and oxygen atoms in total. The van der Waals surface area contributed by atoms with E-state index in [0.717, 1.165) is 22.1 Å². The summed E-state index contributed by atoms with van der Waals surface area (Å²) < 4.78 is 2.03. The first kappa shape index (κ1) is 14.7. The maximum atomic E-state index is 8.83. The molecule has 0 bridgehead atoms. The Morgan fingerprint density at radius 3 is 2.68 bits per heavy atom. The van der Waals surface area contributed by atoms with Crippen LogP contribution in [-0.2, 0) is 0 Å². The van der Waals surface area contributed by atoms with E-state index in [2.05, 4.69) is 11.1 Å². The number of hydrogen-bond acceptors (Lipinski definition) is 3. The third-order valence-electron chi connectivity index (χ3n) is 3.13. The summed E-state index contributed by atoms with van der Waals surface area (Å²) in [5, 5.41) is 10.3. The van der Waals surface area contributed by atoms with Crippen LogP contribution >= 0.6 is 23.4 Å². The smallest absolute Gasteiger partial charge is 0.174 e. The van der Waals surface area contributed by atoms with Gasteiger partial charge < -0.3 is 0 Å². The molecule has 0 fully saturated rings. The summed E-state index contributed by atoms with van der Waals surface area (Å²) in [5.74, 6) is 0.353. The van der Waals surface area contributed by atoms with Gasteiger partial charge in [-0.3, -0.25) is 4.57 Å². The molecule has 0 spiro atoms. The summed E-state index contributed by atoms with van der Waals surface area (Å²) in [5.41, 5.74) is 2.98. The Kier molecular flexibility index (Phi) is 4.47. The number of hydrogen-bond donors (Lipinski definition) is 0. The maximum Gasteiger partial charge on any atom is 0.174 e. The lowest BCUT2D eigenvalue weighted by Gasteiger charge is -2.11. The predicted octanol–water partition coefficient (Wildman–Crippen LogP) is 4.81. The molecule has 0 aliphatic rings. The Balaban J connectivity index is 2.16. The fourth-order valence-corrected chi connectivity index (χ4v) is 3.05. The van der Waals surface area contributed by atoms with E-state index in [9.17, 15) is 0 Å². The van der Waals surface area contributed by atoms with E-state index >= 15 is 0 Å². The van der Waals surface area contributed by atoms with E-state index < -0.39 is 0 Å². The zero-order valence-corrected chi connectivity index (χ0v) is 13.2. The van der Waals surface area contributed by atoms with Gasteiger partial charge in [0.1, 0.15) is 0 Å². The van der Waals surface area contributed by atoms with Crippen LogP contribution in [0.2, 0.25) is 5.02 Å². The number of imidazole rings is 1. The molecule has 5 heteroatoms. The molecule has 0 aliphatic heterocycles. The molecule has 0 aliphatic carbocycles. The maximum absolute atomic E-state index is 8.83. The fourth-order valence-electron chi connectivity index (χ4n) is 2.21. The molecule has 0 unspecified atom stereocenters. The number of aromatic nitrogens is 2. The zero-order chi connectivity index (χ0) is 15.4. The van der Waals surface area contributed by atoms with Crippen LogP contribution in [-0.4, -0.2) is 15.3 Å². The summed E-state index contributed by atoms with van der Waals surface area (Å²) >= 11 is 7.53. The summed E-state index contributed by atoms with van der Waals surface area (Å²) in [6.45, 7) is 0. The second kappa shape index (κ2) is 6.69. The quantitative estimate of drug-likeness (QED) is 0.646. The highest BCUT2D eigenvalue weighted by molar-refractivity contribution is 7.99. The Labute approximate surface area is 138 Å². The standard InChI is InChI=1S/C17H12ClN3S/c18-14-7-4-8-15(11-14)21-16(13-5-2-1-3-6-13)12-20-17(21)22-10-9-19/h1-8,11-12H,10H2. The molecule has 22 heavy (non-hydrogen) atoms. The van der Waals surface area contributed by atoms with E-state index in [1.54, 1.807) is 0 Å². The second-order valence-corrected chi connectivity index (χ2v) is 5.93. The summed E-state index contributed by atoms with van der Waals surface area (Å²) in [6.07, 6.45) is 1.83. The summed E-state index contributed by atoms with van der Waals surface area (Å²) in [4.78, 5) is 4.47. The molecule has 3 rings (SSSR count). The van der Waals surface area contributed by atoms with Gasteiger partial charge in [-0.2, -0.15) is 5.26 Å². The minimum absolute atomic E-state index is 0.353. The molecule has 0 radical (unpaired) electrons. The topological polar surface area (TPSA) is 41.6 Å². The van der Waals surface area contributed by atoms with Gasteiger partial charge in [-0.05, 0) is 18.2 Å². The van der Waals surface area contributed by atoms with Crippen LogP contribution < -0.4 is 0 Å². The fraction of sp³-hybridized carbons (Fsp3) is 0.0588. The summed E-state index contributed by atoms with van der Waals surface area (Å²) in [6, 6.07) is 19.8. The van der Waals surface area contributed by atoms with Crippen molar-refractivity contribution in [3.05, 3.63) is 65.8 Å². The Hall–Kier alpha value is -2.22. The minimum Gasteiger partial charge on any atom is -0.287 e. The molecule has 0 saturated carbocycles. The van der Waals surface area contributed by atoms with Gasteiger partial charge >= 0.3 is 0 Å². The SMILES string of the molecule is N#CCSc1ncc(-c2ccccc2)n1-c1cccc(Cl)c1. The van der Waals surface area contributed by atoms with Gasteiger partial charge in [0.25, 0.3) is 0 Å². The third-order valence-corrected chi connectivity index (χ3v) is 4.19. The van der Waals surface area contributed by atoms with Gasteiger partial charge in [0.2, 0.25) is 0 Å². The van der Waals surface area contributed by atoms with Gasteiger partial charge in [-0.15, -0.1) is 0 Å². The number of benzene rings is 2. The van der Waals surface area contributed by atoms with Crippen LogP contribution in [0.25, 0.3) is 16.9 Å². The largest absolute Gasteiger partial charge is 0.287 e. The van der Waals surface area contributed by atoms with Crippen LogP contribution in [0.1, 0.15) is 0 Å². The molecule has 1 heterocycles. The van der Waals surface area contributed by atoms with Crippen LogP contribution in [0.3, 0.4) is 0 Å². The summed E-state index contributed by atoms with van der Waals surface area (Å²) in [7, 11) is 0. The average molecular weight is 326 g/mol. The normalized spacial score (nSPS) is 10.4. The number of nitrogens with zero attached hydrogens (tertiary/aromatic N) is 3. The van der Waals surface area contributed by atoms with Crippen LogP contribution in [0.15, 0.2) is 66.0 Å². The number of halogens is 1. The first-order valence-corrected chi connectivity index (χ1v) is 8.05. The van der Waals surface area contributed by atoms with E-state index in [1.165, 1.54) is 11.8 Å². The monoisotopic (exact) mass is 325 g/mol. The van der Waals surface area contributed by atoms with Crippen LogP contribution in [0.5, 0.6) is 0 Å². The first-order chi connectivity index (χ1) is 10.8. The van der Waals surface area contributed by atoms with E-state index in [0.29, 0.717) is 10.8 Å². The van der Waals surface area contributed by atoms with E-state index in [1.807, 2.05) is 65.4 Å². The number of rotatable bonds is 4. The molecule has 2 aromatic carbocycles. The lowest BCUT2D eigenvalue weighted by molar-refractivity contribution is 0.902. The van der Waals surface area contributed by atoms with Crippen molar-refractivity contribution in [1.82, 2.24) is 9.55 Å². The molecule has 0 atom stereocenters. The van der Waals surface area contributed by atoms with Gasteiger partial charge in [-0.25, -0.2) is 4.98 Å². The van der Waals surface area contributed by atoms with Crippen LogP contribution in [0.4, 0.5) is 0 Å². The van der Waals surface area contributed by atoms with Crippen molar-refractivity contribution < 1.29 is 0 Å². The molecule has 0 saturated heterocycles. The van der Waals surface area contributed by atoms with Crippen molar-refractivity contribution in [2.24, 2.45) is 0 Å². The van der Waals surface area contributed by atoms with Crippen molar-refractivity contribution in [1.29, 1.82) is 5.26 Å². The highest BCUT2D eigenvalue weighted by Gasteiger charge is 2.14. The van der Waals surface area contributed by atoms with Crippen molar-refractivity contribution in [2.75, 3.05) is 5.75 Å². The molecule has 108 valence electrons. The highest BCUT2D eigenvalue weighted by atomic mass is 35.5. The Morgan fingerprint density at radius 1 is 1.14 bits per heavy atom. The Morgan fingerprint density at radius 2 is 1.95 bits per heavy atom. The molecule has 0 N–H and O–H groups in total. The Bertz CT molecular complexity index is 821. The highest BCUT2D eigenvalue weighted by Crippen LogP contribution is 2.30. The number of nitriles is 1. The lowest BCUT2D eigenvalue weighted by Crippen LogP contribution is -1.99. The second-order valence-electron chi connectivity index (χ2n) is 4.55. The minimum atomic E-state index is 0.353.